The molecule has 0 spiro atoms. The highest BCUT2D eigenvalue weighted by Gasteiger charge is 2.42. The van der Waals surface area contributed by atoms with Gasteiger partial charge in [0.1, 0.15) is 11.4 Å². The minimum Gasteiger partial charge on any atom is -0.494 e. The van der Waals surface area contributed by atoms with E-state index in [1.165, 1.54) is 5.56 Å². The van der Waals surface area contributed by atoms with Gasteiger partial charge in [0.15, 0.2) is 0 Å². The molecule has 0 saturated carbocycles. The first-order chi connectivity index (χ1) is 16.2. The molecule has 4 aromatic rings. The largest absolute Gasteiger partial charge is 0.494 e. The van der Waals surface area contributed by atoms with E-state index in [2.05, 4.69) is 66.5 Å². The minimum atomic E-state index is -0.257. The maximum Gasteiger partial charge on any atom is 0.273 e. The normalized spacial score (nSPS) is 15.0. The van der Waals surface area contributed by atoms with Gasteiger partial charge in [-0.1, -0.05) is 79.2 Å². The first kappa shape index (κ1) is 21.0. The number of aromatic amines is 1. The fourth-order valence-electron chi connectivity index (χ4n) is 4.41. The Morgan fingerprint density at radius 3 is 2.55 bits per heavy atom. The van der Waals surface area contributed by atoms with E-state index < -0.39 is 0 Å². The molecule has 1 atom stereocenters. The van der Waals surface area contributed by atoms with Gasteiger partial charge in [-0.25, -0.2) is 0 Å². The van der Waals surface area contributed by atoms with Gasteiger partial charge in [-0.2, -0.15) is 5.10 Å². The number of carbonyl (C=O) groups is 1. The van der Waals surface area contributed by atoms with Gasteiger partial charge in [0.2, 0.25) is 0 Å². The van der Waals surface area contributed by atoms with E-state index in [4.69, 9.17) is 4.74 Å². The first-order valence-corrected chi connectivity index (χ1v) is 11.4. The van der Waals surface area contributed by atoms with Gasteiger partial charge in [-0.15, -0.1) is 0 Å². The summed E-state index contributed by atoms with van der Waals surface area (Å²) < 4.78 is 5.91. The van der Waals surface area contributed by atoms with Crippen molar-refractivity contribution in [3.8, 4) is 17.0 Å². The zero-order valence-electron chi connectivity index (χ0n) is 18.9. The average Bonchev–Trinajstić information content (AvgIpc) is 3.38. The number of hydrogen-bond donors (Lipinski definition) is 1. The van der Waals surface area contributed by atoms with Gasteiger partial charge < -0.3 is 9.64 Å². The summed E-state index contributed by atoms with van der Waals surface area (Å²) in [5.74, 6) is 0.778. The molecule has 5 heteroatoms. The van der Waals surface area contributed by atoms with E-state index in [9.17, 15) is 4.79 Å². The number of benzene rings is 3. The highest BCUT2D eigenvalue weighted by Crippen LogP contribution is 2.44. The molecule has 1 aliphatic rings. The highest BCUT2D eigenvalue weighted by atomic mass is 16.5. The second-order valence-electron chi connectivity index (χ2n) is 8.47. The van der Waals surface area contributed by atoms with Crippen LogP contribution in [0.5, 0.6) is 5.75 Å². The number of amides is 1. The lowest BCUT2D eigenvalue weighted by atomic mass is 9.95. The van der Waals surface area contributed by atoms with Crippen LogP contribution in [0.25, 0.3) is 11.3 Å². The molecule has 3 aromatic carbocycles. The number of nitrogens with one attached hydrogen (secondary N) is 1. The molecule has 5 rings (SSSR count). The van der Waals surface area contributed by atoms with Gasteiger partial charge in [0.05, 0.1) is 18.3 Å². The number of hydrogen-bond acceptors (Lipinski definition) is 3. The first-order valence-electron chi connectivity index (χ1n) is 11.4. The Morgan fingerprint density at radius 2 is 1.79 bits per heavy atom. The Morgan fingerprint density at radius 1 is 1.00 bits per heavy atom. The third-order valence-corrected chi connectivity index (χ3v) is 6.03. The van der Waals surface area contributed by atoms with Crippen molar-refractivity contribution in [1.29, 1.82) is 0 Å². The van der Waals surface area contributed by atoms with Crippen molar-refractivity contribution in [3.05, 3.63) is 107 Å². The predicted octanol–water partition coefficient (Wildman–Crippen LogP) is 5.92. The standard InChI is InChI=1S/C28H27N3O2/c1-3-16-33-23-11-7-10-22(17-23)27-24-25(21-14-12-19(2)13-15-21)29-30-26(24)28(32)31(27)18-20-8-5-4-6-9-20/h4-15,17,27H,3,16,18H2,1-2H3,(H,29,30). The van der Waals surface area contributed by atoms with Crippen molar-refractivity contribution in [1.82, 2.24) is 15.1 Å². The Kier molecular flexibility index (Phi) is 5.69. The van der Waals surface area contributed by atoms with E-state index in [0.717, 1.165) is 40.1 Å². The van der Waals surface area contributed by atoms with Crippen LogP contribution in [-0.4, -0.2) is 27.6 Å². The number of aryl methyl sites for hydroxylation is 1. The molecule has 0 saturated heterocycles. The Balaban J connectivity index is 1.62. The van der Waals surface area contributed by atoms with E-state index in [0.29, 0.717) is 18.8 Å². The number of aromatic nitrogens is 2. The van der Waals surface area contributed by atoms with Crippen LogP contribution in [0.1, 0.15) is 52.1 Å². The van der Waals surface area contributed by atoms with Gasteiger partial charge in [-0.3, -0.25) is 9.89 Å². The predicted molar refractivity (Wildman–Crippen MR) is 129 cm³/mol. The second kappa shape index (κ2) is 8.94. The molecule has 0 aliphatic carbocycles. The average molecular weight is 438 g/mol. The third-order valence-electron chi connectivity index (χ3n) is 6.03. The lowest BCUT2D eigenvalue weighted by molar-refractivity contribution is 0.0730. The van der Waals surface area contributed by atoms with Crippen LogP contribution >= 0.6 is 0 Å². The van der Waals surface area contributed by atoms with Crippen molar-refractivity contribution in [3.63, 3.8) is 0 Å². The molecule has 1 unspecified atom stereocenters. The van der Waals surface area contributed by atoms with Gasteiger partial charge in [0.25, 0.3) is 5.91 Å². The summed E-state index contributed by atoms with van der Waals surface area (Å²) in [7, 11) is 0. The van der Waals surface area contributed by atoms with E-state index in [-0.39, 0.29) is 11.9 Å². The number of ether oxygens (including phenoxy) is 1. The van der Waals surface area contributed by atoms with E-state index >= 15 is 0 Å². The van der Waals surface area contributed by atoms with Crippen LogP contribution in [0.15, 0.2) is 78.9 Å². The zero-order chi connectivity index (χ0) is 22.8. The van der Waals surface area contributed by atoms with Crippen LogP contribution in [0.2, 0.25) is 0 Å². The number of rotatable bonds is 7. The van der Waals surface area contributed by atoms with Crippen molar-refractivity contribution < 1.29 is 9.53 Å². The number of H-pyrrole nitrogens is 1. The second-order valence-corrected chi connectivity index (χ2v) is 8.47. The maximum absolute atomic E-state index is 13.6. The smallest absolute Gasteiger partial charge is 0.273 e. The molecule has 2 heterocycles. The molecular formula is C28H27N3O2. The number of carbonyl (C=O) groups excluding carboxylic acids is 1. The Hall–Kier alpha value is -3.86. The summed E-state index contributed by atoms with van der Waals surface area (Å²) >= 11 is 0. The molecule has 1 amide bonds. The van der Waals surface area contributed by atoms with Crippen LogP contribution in [0.4, 0.5) is 0 Å². The van der Waals surface area contributed by atoms with Gasteiger partial charge in [-0.05, 0) is 36.6 Å². The van der Waals surface area contributed by atoms with Crippen molar-refractivity contribution in [2.45, 2.75) is 32.9 Å². The highest BCUT2D eigenvalue weighted by molar-refractivity contribution is 6.00. The van der Waals surface area contributed by atoms with Gasteiger partial charge in [0, 0.05) is 17.7 Å². The SMILES string of the molecule is CCCOc1cccc(C2c3c(-c4ccc(C)cc4)n[nH]c3C(=O)N2Cc2ccccc2)c1. The lowest BCUT2D eigenvalue weighted by Crippen LogP contribution is -2.29. The fraction of sp³-hybridized carbons (Fsp3) is 0.214. The summed E-state index contributed by atoms with van der Waals surface area (Å²) in [6, 6.07) is 26.2. The lowest BCUT2D eigenvalue weighted by Gasteiger charge is -2.27. The van der Waals surface area contributed by atoms with Gasteiger partial charge >= 0.3 is 0 Å². The van der Waals surface area contributed by atoms with Crippen LogP contribution in [0, 0.1) is 6.92 Å². The summed E-state index contributed by atoms with van der Waals surface area (Å²) in [6.07, 6.45) is 0.940. The molecular weight excluding hydrogens is 410 g/mol. The fourth-order valence-corrected chi connectivity index (χ4v) is 4.41. The Labute approximate surface area is 194 Å². The summed E-state index contributed by atoms with van der Waals surface area (Å²) in [4.78, 5) is 15.5. The number of fused-ring (bicyclic) bond motifs is 1. The van der Waals surface area contributed by atoms with Crippen LogP contribution in [0.3, 0.4) is 0 Å². The molecule has 33 heavy (non-hydrogen) atoms. The van der Waals surface area contributed by atoms with Crippen LogP contribution in [-0.2, 0) is 6.54 Å². The summed E-state index contributed by atoms with van der Waals surface area (Å²) in [5, 5.41) is 7.61. The van der Waals surface area contributed by atoms with Crippen molar-refractivity contribution >= 4 is 5.91 Å². The minimum absolute atomic E-state index is 0.0374. The zero-order valence-corrected chi connectivity index (χ0v) is 18.9. The monoisotopic (exact) mass is 437 g/mol. The third kappa shape index (κ3) is 4.02. The molecule has 1 N–H and O–H groups in total. The molecule has 1 aromatic heterocycles. The quantitative estimate of drug-likeness (QED) is 0.390. The Bertz CT molecular complexity index is 1260. The van der Waals surface area contributed by atoms with Crippen molar-refractivity contribution in [2.24, 2.45) is 0 Å². The summed E-state index contributed by atoms with van der Waals surface area (Å²) in [5.41, 5.74) is 6.59. The van der Waals surface area contributed by atoms with E-state index in [1.54, 1.807) is 0 Å². The molecule has 166 valence electrons. The number of nitrogens with zero attached hydrogens (tertiary/aromatic N) is 2. The topological polar surface area (TPSA) is 58.2 Å². The molecule has 0 bridgehead atoms. The van der Waals surface area contributed by atoms with Crippen molar-refractivity contribution in [2.75, 3.05) is 6.61 Å². The molecule has 5 nitrogen and oxygen atoms in total. The maximum atomic E-state index is 13.6. The molecule has 1 aliphatic heterocycles. The summed E-state index contributed by atoms with van der Waals surface area (Å²) in [6.45, 7) is 5.33. The molecule has 0 radical (unpaired) electrons. The van der Waals surface area contributed by atoms with Crippen LogP contribution < -0.4 is 4.74 Å². The molecule has 0 fully saturated rings. The van der Waals surface area contributed by atoms with E-state index in [1.807, 2.05) is 41.3 Å².